The van der Waals surface area contributed by atoms with Gasteiger partial charge in [0, 0.05) is 18.5 Å². The number of fused-ring (bicyclic) bond motifs is 2. The molecular formula is C15H27ClN2O. The van der Waals surface area contributed by atoms with Gasteiger partial charge in [-0.15, -0.1) is 12.4 Å². The maximum absolute atomic E-state index is 12.0. The average Bonchev–Trinajstić information content (AvgIpc) is 3.11. The summed E-state index contributed by atoms with van der Waals surface area (Å²) in [5, 5.41) is 3.33. The second kappa shape index (κ2) is 6.45. The third-order valence-corrected chi connectivity index (χ3v) is 5.18. The first-order chi connectivity index (χ1) is 8.72. The molecule has 3 aliphatic rings. The summed E-state index contributed by atoms with van der Waals surface area (Å²) in [7, 11) is 0. The van der Waals surface area contributed by atoms with Gasteiger partial charge in [-0.1, -0.05) is 19.3 Å². The van der Waals surface area contributed by atoms with Gasteiger partial charge in [0.05, 0.1) is 0 Å². The highest BCUT2D eigenvalue weighted by Crippen LogP contribution is 2.40. The number of carbonyl (C=O) groups is 1. The summed E-state index contributed by atoms with van der Waals surface area (Å²) in [6.45, 7) is 0. The van der Waals surface area contributed by atoms with Crippen molar-refractivity contribution >= 4 is 18.3 Å². The fourth-order valence-corrected chi connectivity index (χ4v) is 4.02. The van der Waals surface area contributed by atoms with Crippen LogP contribution in [0.4, 0.5) is 0 Å². The van der Waals surface area contributed by atoms with Gasteiger partial charge in [-0.05, 0) is 49.9 Å². The van der Waals surface area contributed by atoms with Crippen molar-refractivity contribution < 1.29 is 4.79 Å². The van der Waals surface area contributed by atoms with Crippen molar-refractivity contribution in [3.05, 3.63) is 0 Å². The Morgan fingerprint density at radius 2 is 1.74 bits per heavy atom. The average molecular weight is 287 g/mol. The van der Waals surface area contributed by atoms with Gasteiger partial charge in [-0.25, -0.2) is 0 Å². The first-order valence-corrected chi connectivity index (χ1v) is 7.77. The van der Waals surface area contributed by atoms with E-state index < -0.39 is 0 Å². The van der Waals surface area contributed by atoms with E-state index in [0.717, 1.165) is 31.6 Å². The van der Waals surface area contributed by atoms with Crippen molar-refractivity contribution in [2.24, 2.45) is 23.5 Å². The molecule has 2 bridgehead atoms. The Morgan fingerprint density at radius 3 is 2.32 bits per heavy atom. The highest BCUT2D eigenvalue weighted by molar-refractivity contribution is 5.85. The molecule has 3 fully saturated rings. The predicted octanol–water partition coefficient (Wildman–Crippen LogP) is 2.62. The van der Waals surface area contributed by atoms with Gasteiger partial charge < -0.3 is 11.1 Å². The summed E-state index contributed by atoms with van der Waals surface area (Å²) in [6.07, 6.45) is 10.6. The smallest absolute Gasteiger partial charge is 0.220 e. The Morgan fingerprint density at radius 1 is 1.11 bits per heavy atom. The molecule has 0 aromatic rings. The van der Waals surface area contributed by atoms with E-state index in [1.54, 1.807) is 0 Å². The lowest BCUT2D eigenvalue weighted by Gasteiger charge is -2.45. The number of halogens is 1. The monoisotopic (exact) mass is 286 g/mol. The Kier molecular flexibility index (Phi) is 5.13. The minimum absolute atomic E-state index is 0. The van der Waals surface area contributed by atoms with Crippen molar-refractivity contribution in [2.75, 3.05) is 0 Å². The Bertz CT molecular complexity index is 305. The molecule has 0 aromatic heterocycles. The minimum atomic E-state index is 0. The van der Waals surface area contributed by atoms with Crippen LogP contribution in [0.15, 0.2) is 0 Å². The van der Waals surface area contributed by atoms with Crippen LogP contribution < -0.4 is 11.1 Å². The number of nitrogens with one attached hydrogen (secondary N) is 1. The quantitative estimate of drug-likeness (QED) is 0.835. The maximum atomic E-state index is 12.0. The fourth-order valence-electron chi connectivity index (χ4n) is 4.02. The largest absolute Gasteiger partial charge is 0.353 e. The van der Waals surface area contributed by atoms with Gasteiger partial charge in [-0.3, -0.25) is 4.79 Å². The van der Waals surface area contributed by atoms with Crippen LogP contribution in [0.3, 0.4) is 0 Å². The molecule has 3 N–H and O–H groups in total. The third-order valence-electron chi connectivity index (χ3n) is 5.18. The fraction of sp³-hybridized carbons (Fsp3) is 0.933. The summed E-state index contributed by atoms with van der Waals surface area (Å²) < 4.78 is 0. The van der Waals surface area contributed by atoms with Crippen molar-refractivity contribution in [3.8, 4) is 0 Å². The Balaban J connectivity index is 0.00000133. The summed E-state index contributed by atoms with van der Waals surface area (Å²) >= 11 is 0. The number of rotatable bonds is 4. The summed E-state index contributed by atoms with van der Waals surface area (Å²) in [4.78, 5) is 12.0. The van der Waals surface area contributed by atoms with E-state index in [2.05, 4.69) is 5.32 Å². The van der Waals surface area contributed by atoms with E-state index in [-0.39, 0.29) is 12.4 Å². The van der Waals surface area contributed by atoms with Crippen molar-refractivity contribution in [1.29, 1.82) is 0 Å². The lowest BCUT2D eigenvalue weighted by Crippen LogP contribution is -2.53. The SMILES string of the molecule is Cl.NC1CC2CCCC(C1)C2NC(=O)CCC1CC1. The summed E-state index contributed by atoms with van der Waals surface area (Å²) in [5.74, 6) is 2.45. The zero-order valence-electron chi connectivity index (χ0n) is 11.6. The molecule has 3 aliphatic carbocycles. The summed E-state index contributed by atoms with van der Waals surface area (Å²) in [6, 6.07) is 0.810. The topological polar surface area (TPSA) is 55.1 Å². The zero-order chi connectivity index (χ0) is 12.5. The molecule has 0 spiro atoms. The molecular weight excluding hydrogens is 260 g/mol. The molecule has 3 rings (SSSR count). The number of hydrogen-bond acceptors (Lipinski definition) is 2. The molecule has 2 atom stereocenters. The van der Waals surface area contributed by atoms with Crippen LogP contribution >= 0.6 is 12.4 Å². The molecule has 1 amide bonds. The number of amides is 1. The van der Waals surface area contributed by atoms with Crippen molar-refractivity contribution in [1.82, 2.24) is 5.32 Å². The molecule has 110 valence electrons. The van der Waals surface area contributed by atoms with Gasteiger partial charge in [-0.2, -0.15) is 0 Å². The molecule has 0 heterocycles. The van der Waals surface area contributed by atoms with Crippen LogP contribution in [0, 0.1) is 17.8 Å². The standard InChI is InChI=1S/C15H26N2O.ClH/c16-13-8-11-2-1-3-12(9-13)15(11)17-14(18)7-6-10-4-5-10;/h10-13,15H,1-9,16H2,(H,17,18);1H. The van der Waals surface area contributed by atoms with Crippen LogP contribution in [0.1, 0.15) is 57.8 Å². The van der Waals surface area contributed by atoms with E-state index in [0.29, 0.717) is 29.8 Å². The maximum Gasteiger partial charge on any atom is 0.220 e. The van der Waals surface area contributed by atoms with Gasteiger partial charge >= 0.3 is 0 Å². The predicted molar refractivity (Wildman–Crippen MR) is 79.2 cm³/mol. The minimum Gasteiger partial charge on any atom is -0.353 e. The second-order valence-corrected chi connectivity index (χ2v) is 6.76. The molecule has 19 heavy (non-hydrogen) atoms. The third kappa shape index (κ3) is 3.85. The molecule has 2 unspecified atom stereocenters. The van der Waals surface area contributed by atoms with Gasteiger partial charge in [0.25, 0.3) is 0 Å². The number of hydrogen-bond donors (Lipinski definition) is 2. The molecule has 3 nitrogen and oxygen atoms in total. The van der Waals surface area contributed by atoms with E-state index in [4.69, 9.17) is 5.73 Å². The number of nitrogens with two attached hydrogens (primary N) is 1. The van der Waals surface area contributed by atoms with E-state index >= 15 is 0 Å². The molecule has 4 heteroatoms. The van der Waals surface area contributed by atoms with E-state index in [1.165, 1.54) is 32.1 Å². The Labute approximate surface area is 122 Å². The molecule has 0 saturated heterocycles. The lowest BCUT2D eigenvalue weighted by atomic mass is 9.67. The van der Waals surface area contributed by atoms with Crippen molar-refractivity contribution in [2.45, 2.75) is 69.9 Å². The van der Waals surface area contributed by atoms with Crippen LogP contribution in [0.5, 0.6) is 0 Å². The van der Waals surface area contributed by atoms with Gasteiger partial charge in [0.15, 0.2) is 0 Å². The van der Waals surface area contributed by atoms with Crippen molar-refractivity contribution in [3.63, 3.8) is 0 Å². The lowest BCUT2D eigenvalue weighted by molar-refractivity contribution is -0.123. The number of carbonyl (C=O) groups excluding carboxylic acids is 1. The van der Waals surface area contributed by atoms with Gasteiger partial charge in [0.1, 0.15) is 0 Å². The first kappa shape index (κ1) is 15.1. The second-order valence-electron chi connectivity index (χ2n) is 6.76. The summed E-state index contributed by atoms with van der Waals surface area (Å²) in [5.41, 5.74) is 6.11. The molecule has 0 aliphatic heterocycles. The van der Waals surface area contributed by atoms with Crippen LogP contribution in [0.2, 0.25) is 0 Å². The zero-order valence-corrected chi connectivity index (χ0v) is 12.5. The van der Waals surface area contributed by atoms with Crippen LogP contribution in [0.25, 0.3) is 0 Å². The highest BCUT2D eigenvalue weighted by Gasteiger charge is 2.39. The molecule has 0 radical (unpaired) electrons. The van der Waals surface area contributed by atoms with Crippen LogP contribution in [-0.4, -0.2) is 18.0 Å². The van der Waals surface area contributed by atoms with Gasteiger partial charge in [0.2, 0.25) is 5.91 Å². The van der Waals surface area contributed by atoms with E-state index in [1.807, 2.05) is 0 Å². The highest BCUT2D eigenvalue weighted by atomic mass is 35.5. The molecule has 0 aromatic carbocycles. The van der Waals surface area contributed by atoms with E-state index in [9.17, 15) is 4.79 Å². The Hall–Kier alpha value is -0.280. The van der Waals surface area contributed by atoms with Crippen LogP contribution in [-0.2, 0) is 4.79 Å². The molecule has 3 saturated carbocycles. The normalized spacial score (nSPS) is 37.3. The first-order valence-electron chi connectivity index (χ1n) is 7.77.